The molecular formula is C17H26ClNaO5. The Morgan fingerprint density at radius 2 is 1.88 bits per heavy atom. The van der Waals surface area contributed by atoms with Crippen molar-refractivity contribution in [2.24, 2.45) is 0 Å². The van der Waals surface area contributed by atoms with Gasteiger partial charge in [0.25, 0.3) is 0 Å². The number of unbranched alkanes of at least 4 members (excludes halogenated alkanes) is 3. The van der Waals surface area contributed by atoms with Gasteiger partial charge < -0.3 is 21.1 Å². The smallest absolute Gasteiger partial charge is 1.00 e. The van der Waals surface area contributed by atoms with E-state index in [0.29, 0.717) is 24.8 Å². The summed E-state index contributed by atoms with van der Waals surface area (Å²) in [5.41, 5.74) is -0.629. The van der Waals surface area contributed by atoms with Crippen LogP contribution in [0.5, 0.6) is 5.75 Å². The van der Waals surface area contributed by atoms with Crippen molar-refractivity contribution in [1.29, 1.82) is 0 Å². The van der Waals surface area contributed by atoms with Gasteiger partial charge in [-0.2, -0.15) is 0 Å². The van der Waals surface area contributed by atoms with Gasteiger partial charge in [0.2, 0.25) is 0 Å². The first-order valence-corrected chi connectivity index (χ1v) is 8.24. The molecule has 0 saturated carbocycles. The van der Waals surface area contributed by atoms with Crippen LogP contribution >= 0.6 is 11.6 Å². The molecule has 1 aliphatic rings. The van der Waals surface area contributed by atoms with Crippen molar-refractivity contribution in [1.82, 2.24) is 0 Å². The summed E-state index contributed by atoms with van der Waals surface area (Å²) in [4.78, 5) is 11.7. The van der Waals surface area contributed by atoms with Gasteiger partial charge in [-0.15, -0.1) is 0 Å². The van der Waals surface area contributed by atoms with E-state index >= 15 is 0 Å². The minimum Gasteiger partial charge on any atom is -1.00 e. The van der Waals surface area contributed by atoms with Crippen molar-refractivity contribution >= 4 is 17.6 Å². The minimum absolute atomic E-state index is 0. The number of benzene rings is 1. The summed E-state index contributed by atoms with van der Waals surface area (Å²) in [6, 6.07) is 7.38. The van der Waals surface area contributed by atoms with Crippen molar-refractivity contribution < 1.29 is 55.5 Å². The van der Waals surface area contributed by atoms with Gasteiger partial charge in [0.05, 0.1) is 19.8 Å². The molecule has 1 atom stereocenters. The first-order chi connectivity index (χ1) is 10.7. The Morgan fingerprint density at radius 1 is 1.25 bits per heavy atom. The first kappa shape index (κ1) is 23.7. The molecule has 0 aliphatic carbocycles. The summed E-state index contributed by atoms with van der Waals surface area (Å²) in [7, 11) is 0. The normalized spacial score (nSPS) is 18.1. The summed E-state index contributed by atoms with van der Waals surface area (Å²) in [5.74, 6) is 0.637. The molecule has 7 heteroatoms. The Kier molecular flexibility index (Phi) is 12.0. The van der Waals surface area contributed by atoms with Crippen molar-refractivity contribution in [2.45, 2.75) is 44.6 Å². The number of epoxide rings is 1. The number of hydrogen-bond donors (Lipinski definition) is 0. The maximum absolute atomic E-state index is 11.7. The van der Waals surface area contributed by atoms with Crippen molar-refractivity contribution in [3.8, 4) is 5.75 Å². The average molecular weight is 369 g/mol. The van der Waals surface area contributed by atoms with Crippen LogP contribution in [0.1, 0.15) is 40.5 Å². The van der Waals surface area contributed by atoms with Gasteiger partial charge in [0.15, 0.2) is 5.60 Å². The quantitative estimate of drug-likeness (QED) is 0.257. The Hall–Kier alpha value is -0.300. The van der Waals surface area contributed by atoms with Crippen LogP contribution in [0.25, 0.3) is 0 Å². The molecule has 0 aromatic heterocycles. The van der Waals surface area contributed by atoms with Crippen LogP contribution in [0.2, 0.25) is 5.02 Å². The number of esters is 1. The van der Waals surface area contributed by atoms with E-state index in [0.717, 1.165) is 37.9 Å². The number of carbonyl (C=O) groups is 1. The zero-order chi connectivity index (χ0) is 15.8. The van der Waals surface area contributed by atoms with E-state index in [1.165, 1.54) is 0 Å². The zero-order valence-corrected chi connectivity index (χ0v) is 17.2. The van der Waals surface area contributed by atoms with E-state index in [1.54, 1.807) is 0 Å². The van der Waals surface area contributed by atoms with E-state index in [2.05, 4.69) is 0 Å². The Balaban J connectivity index is 0. The minimum atomic E-state index is -0.629. The van der Waals surface area contributed by atoms with Gasteiger partial charge in [0, 0.05) is 5.02 Å². The van der Waals surface area contributed by atoms with Gasteiger partial charge in [-0.1, -0.05) is 24.4 Å². The third-order valence-electron chi connectivity index (χ3n) is 3.70. The Labute approximate surface area is 172 Å². The summed E-state index contributed by atoms with van der Waals surface area (Å²) in [6.07, 6.45) is 4.86. The monoisotopic (exact) mass is 368 g/mol. The predicted octanol–water partition coefficient (Wildman–Crippen LogP) is 0.293. The molecule has 2 rings (SSSR count). The van der Waals surface area contributed by atoms with E-state index in [4.69, 9.17) is 25.8 Å². The zero-order valence-electron chi connectivity index (χ0n) is 15.5. The fourth-order valence-corrected chi connectivity index (χ4v) is 2.43. The second-order valence-corrected chi connectivity index (χ2v) is 5.91. The standard InChI is InChI=1S/C17H23ClO4.Na.H2O.H/c1-2-20-16(19)17(13-22-17)11-5-3-4-6-12-21-15-9-7-14(18)8-10-15;;;/h7-10H,2-6,11-13H2,1H3;;1H2;/q;+1;;-1. The van der Waals surface area contributed by atoms with Crippen LogP contribution in [-0.2, 0) is 14.3 Å². The summed E-state index contributed by atoms with van der Waals surface area (Å²) < 4.78 is 16.0. The van der Waals surface area contributed by atoms with Crippen LogP contribution in [-0.4, -0.2) is 36.9 Å². The topological polar surface area (TPSA) is 79.6 Å². The molecule has 132 valence electrons. The second kappa shape index (κ2) is 12.1. The Bertz CT molecular complexity index is 482. The molecule has 2 N–H and O–H groups in total. The second-order valence-electron chi connectivity index (χ2n) is 5.47. The molecule has 24 heavy (non-hydrogen) atoms. The number of rotatable bonds is 10. The third kappa shape index (κ3) is 7.72. The van der Waals surface area contributed by atoms with Gasteiger partial charge >= 0.3 is 35.5 Å². The summed E-state index contributed by atoms with van der Waals surface area (Å²) >= 11 is 5.82. The fourth-order valence-electron chi connectivity index (χ4n) is 2.30. The Morgan fingerprint density at radius 3 is 2.46 bits per heavy atom. The van der Waals surface area contributed by atoms with E-state index in [-0.39, 0.29) is 42.4 Å². The molecule has 5 nitrogen and oxygen atoms in total. The molecule has 1 heterocycles. The molecule has 0 radical (unpaired) electrons. The van der Waals surface area contributed by atoms with Crippen LogP contribution < -0.4 is 34.3 Å². The largest absolute Gasteiger partial charge is 1.00 e. The van der Waals surface area contributed by atoms with E-state index < -0.39 is 5.60 Å². The molecule has 1 unspecified atom stereocenters. The maximum Gasteiger partial charge on any atom is 1.00 e. The van der Waals surface area contributed by atoms with Crippen LogP contribution in [0.3, 0.4) is 0 Å². The van der Waals surface area contributed by atoms with E-state index in [9.17, 15) is 4.79 Å². The molecule has 0 spiro atoms. The van der Waals surface area contributed by atoms with Crippen LogP contribution in [0, 0.1) is 0 Å². The molecule has 1 saturated heterocycles. The van der Waals surface area contributed by atoms with Gasteiger partial charge in [0.1, 0.15) is 5.75 Å². The summed E-state index contributed by atoms with van der Waals surface area (Å²) in [6.45, 7) is 3.42. The van der Waals surface area contributed by atoms with Crippen molar-refractivity contribution in [2.75, 3.05) is 19.8 Å². The van der Waals surface area contributed by atoms with Crippen molar-refractivity contribution in [3.63, 3.8) is 0 Å². The third-order valence-corrected chi connectivity index (χ3v) is 3.95. The fraction of sp³-hybridized carbons (Fsp3) is 0.588. The summed E-state index contributed by atoms with van der Waals surface area (Å²) in [5, 5.41) is 0.713. The van der Waals surface area contributed by atoms with Crippen LogP contribution in [0.15, 0.2) is 24.3 Å². The molecule has 1 aliphatic heterocycles. The number of ether oxygens (including phenoxy) is 3. The average Bonchev–Trinajstić information content (AvgIpc) is 3.30. The van der Waals surface area contributed by atoms with Crippen LogP contribution in [0.4, 0.5) is 0 Å². The van der Waals surface area contributed by atoms with Crippen molar-refractivity contribution in [3.05, 3.63) is 29.3 Å². The number of hydrogen-bond acceptors (Lipinski definition) is 4. The van der Waals surface area contributed by atoms with Gasteiger partial charge in [-0.05, 0) is 50.5 Å². The predicted molar refractivity (Wildman–Crippen MR) is 90.1 cm³/mol. The van der Waals surface area contributed by atoms with Gasteiger partial charge in [-0.3, -0.25) is 0 Å². The van der Waals surface area contributed by atoms with E-state index in [1.807, 2.05) is 31.2 Å². The molecule has 1 fully saturated rings. The number of carbonyl (C=O) groups excluding carboxylic acids is 1. The van der Waals surface area contributed by atoms with Gasteiger partial charge in [-0.25, -0.2) is 4.79 Å². The molecule has 1 aromatic rings. The molecule has 0 bridgehead atoms. The molecule has 1 aromatic carbocycles. The maximum atomic E-state index is 11.7. The first-order valence-electron chi connectivity index (χ1n) is 7.86. The molecule has 0 amide bonds. The SMILES string of the molecule is CCOC(=O)C1(CCCCCCOc2ccc(Cl)cc2)CO1.O.[H-].[Na+]. The number of halogens is 1. The molecular weight excluding hydrogens is 343 g/mol.